The molecule has 0 amide bonds. The molecule has 0 unspecified atom stereocenters. The Kier molecular flexibility index (Phi) is 5.84. The van der Waals surface area contributed by atoms with Crippen molar-refractivity contribution in [2.75, 3.05) is 11.4 Å². The second-order valence-corrected chi connectivity index (χ2v) is 5.10. The van der Waals surface area contributed by atoms with Gasteiger partial charge in [-0.15, -0.1) is 0 Å². The van der Waals surface area contributed by atoms with Crippen molar-refractivity contribution in [2.24, 2.45) is 10.9 Å². The summed E-state index contributed by atoms with van der Waals surface area (Å²) in [6, 6.07) is 0.305. The van der Waals surface area contributed by atoms with Crippen molar-refractivity contribution in [3.05, 3.63) is 5.82 Å². The van der Waals surface area contributed by atoms with Crippen molar-refractivity contribution in [1.82, 2.24) is 9.36 Å². The van der Waals surface area contributed by atoms with Gasteiger partial charge in [0.25, 0.3) is 0 Å². The zero-order chi connectivity index (χ0) is 13.5. The Morgan fingerprint density at radius 3 is 2.83 bits per heavy atom. The quantitative estimate of drug-likeness (QED) is 0.342. The summed E-state index contributed by atoms with van der Waals surface area (Å²) < 4.78 is 4.33. The molecule has 18 heavy (non-hydrogen) atoms. The molecule has 0 aliphatic heterocycles. The molecule has 0 radical (unpaired) electrons. The highest BCUT2D eigenvalue weighted by atomic mass is 32.1. The van der Waals surface area contributed by atoms with Gasteiger partial charge in [-0.3, -0.25) is 0 Å². The Labute approximate surface area is 112 Å². The van der Waals surface area contributed by atoms with E-state index in [1.165, 1.54) is 11.5 Å². The highest BCUT2D eigenvalue weighted by molar-refractivity contribution is 7.09. The first-order chi connectivity index (χ1) is 8.58. The zero-order valence-corrected chi connectivity index (χ0v) is 11.9. The molecule has 0 bridgehead atoms. The first-order valence-corrected chi connectivity index (χ1v) is 6.91. The van der Waals surface area contributed by atoms with Gasteiger partial charge in [-0.2, -0.15) is 4.37 Å². The average Bonchev–Trinajstić information content (AvgIpc) is 2.77. The molecule has 1 rings (SSSR count). The van der Waals surface area contributed by atoms with Crippen LogP contribution in [0.3, 0.4) is 0 Å². The van der Waals surface area contributed by atoms with Crippen LogP contribution in [-0.4, -0.2) is 33.0 Å². The van der Waals surface area contributed by atoms with E-state index in [-0.39, 0.29) is 5.84 Å². The lowest BCUT2D eigenvalue weighted by Crippen LogP contribution is -2.34. The normalized spacial score (nSPS) is 12.1. The van der Waals surface area contributed by atoms with Crippen molar-refractivity contribution in [2.45, 2.75) is 46.1 Å². The number of amidine groups is 1. The molecule has 0 saturated heterocycles. The van der Waals surface area contributed by atoms with Gasteiger partial charge in [0.05, 0.1) is 0 Å². The summed E-state index contributed by atoms with van der Waals surface area (Å²) >= 11 is 1.41. The number of hydrogen-bond donors (Lipinski definition) is 2. The maximum atomic E-state index is 8.55. The van der Waals surface area contributed by atoms with Crippen molar-refractivity contribution in [3.8, 4) is 0 Å². The number of hydrogen-bond acceptors (Lipinski definition) is 6. The number of aryl methyl sites for hydroxylation is 1. The first-order valence-electron chi connectivity index (χ1n) is 6.14. The fourth-order valence-electron chi connectivity index (χ4n) is 1.55. The smallest absolute Gasteiger partial charge is 0.205 e. The maximum absolute atomic E-state index is 8.55. The van der Waals surface area contributed by atoms with Crippen LogP contribution in [0.25, 0.3) is 0 Å². The number of aromatic nitrogens is 2. The molecule has 1 aromatic rings. The number of anilines is 1. The summed E-state index contributed by atoms with van der Waals surface area (Å²) in [7, 11) is 0. The van der Waals surface area contributed by atoms with E-state index in [0.29, 0.717) is 19.0 Å². The zero-order valence-electron chi connectivity index (χ0n) is 11.1. The molecule has 7 heteroatoms. The molecular weight excluding hydrogens is 250 g/mol. The lowest BCUT2D eigenvalue weighted by atomic mass is 10.3. The summed E-state index contributed by atoms with van der Waals surface area (Å²) in [6.07, 6.45) is 2.46. The van der Waals surface area contributed by atoms with Crippen LogP contribution in [0.4, 0.5) is 5.13 Å². The third kappa shape index (κ3) is 4.14. The summed E-state index contributed by atoms with van der Waals surface area (Å²) in [5, 5.41) is 12.4. The van der Waals surface area contributed by atoms with Crippen LogP contribution in [0.15, 0.2) is 5.16 Å². The maximum Gasteiger partial charge on any atom is 0.205 e. The number of nitrogens with zero attached hydrogens (tertiary/aromatic N) is 4. The molecule has 0 aromatic carbocycles. The van der Waals surface area contributed by atoms with Crippen molar-refractivity contribution < 1.29 is 5.21 Å². The van der Waals surface area contributed by atoms with Gasteiger partial charge in [0.2, 0.25) is 5.13 Å². The molecular formula is C11H21N5OS. The summed E-state index contributed by atoms with van der Waals surface area (Å²) in [6.45, 7) is 6.97. The standard InChI is InChI=1S/C11H21N5OS/c1-4-5-10-13-11(18-15-10)16(8(2)3)7-6-9(12)14-17/h8,17H,4-7H2,1-3H3,(H2,12,14). The second kappa shape index (κ2) is 7.15. The minimum Gasteiger partial charge on any atom is -0.409 e. The molecule has 0 saturated carbocycles. The Hall–Kier alpha value is -1.37. The highest BCUT2D eigenvalue weighted by Crippen LogP contribution is 2.20. The molecule has 3 N–H and O–H groups in total. The molecule has 0 aliphatic rings. The van der Waals surface area contributed by atoms with E-state index < -0.39 is 0 Å². The molecule has 0 atom stereocenters. The third-order valence-electron chi connectivity index (χ3n) is 2.54. The number of rotatable bonds is 7. The van der Waals surface area contributed by atoms with Crippen LogP contribution >= 0.6 is 11.5 Å². The van der Waals surface area contributed by atoms with Crippen LogP contribution < -0.4 is 10.6 Å². The van der Waals surface area contributed by atoms with E-state index in [4.69, 9.17) is 10.9 Å². The van der Waals surface area contributed by atoms with E-state index in [2.05, 4.69) is 40.2 Å². The Morgan fingerprint density at radius 1 is 1.56 bits per heavy atom. The topological polar surface area (TPSA) is 87.6 Å². The second-order valence-electron chi connectivity index (χ2n) is 4.37. The molecule has 0 aliphatic carbocycles. The predicted octanol–water partition coefficient (Wildman–Crippen LogP) is 1.84. The molecule has 0 spiro atoms. The molecule has 1 heterocycles. The Bertz CT molecular complexity index is 391. The van der Waals surface area contributed by atoms with Crippen LogP contribution in [0.1, 0.15) is 39.4 Å². The molecule has 6 nitrogen and oxygen atoms in total. The molecule has 0 fully saturated rings. The molecule has 102 valence electrons. The van der Waals surface area contributed by atoms with Gasteiger partial charge in [0.1, 0.15) is 11.7 Å². The monoisotopic (exact) mass is 271 g/mol. The predicted molar refractivity (Wildman–Crippen MR) is 74.4 cm³/mol. The van der Waals surface area contributed by atoms with Gasteiger partial charge in [0, 0.05) is 37.0 Å². The minimum absolute atomic E-state index is 0.235. The number of nitrogens with two attached hydrogens (primary N) is 1. The highest BCUT2D eigenvalue weighted by Gasteiger charge is 2.15. The van der Waals surface area contributed by atoms with Gasteiger partial charge in [0.15, 0.2) is 0 Å². The number of oxime groups is 1. The lowest BCUT2D eigenvalue weighted by molar-refractivity contribution is 0.317. The van der Waals surface area contributed by atoms with Crippen molar-refractivity contribution in [1.29, 1.82) is 0 Å². The van der Waals surface area contributed by atoms with Gasteiger partial charge < -0.3 is 15.8 Å². The third-order valence-corrected chi connectivity index (χ3v) is 3.33. The van der Waals surface area contributed by atoms with Gasteiger partial charge in [-0.25, -0.2) is 4.98 Å². The molecule has 1 aromatic heterocycles. The van der Waals surface area contributed by atoms with E-state index in [9.17, 15) is 0 Å². The fraction of sp³-hybridized carbons (Fsp3) is 0.727. The van der Waals surface area contributed by atoms with Gasteiger partial charge in [-0.1, -0.05) is 12.1 Å². The lowest BCUT2D eigenvalue weighted by Gasteiger charge is -2.25. The Balaban J connectivity index is 2.71. The van der Waals surface area contributed by atoms with E-state index in [0.717, 1.165) is 23.8 Å². The van der Waals surface area contributed by atoms with Crippen LogP contribution in [-0.2, 0) is 6.42 Å². The van der Waals surface area contributed by atoms with Crippen LogP contribution in [0, 0.1) is 0 Å². The minimum atomic E-state index is 0.235. The van der Waals surface area contributed by atoms with E-state index in [1.807, 2.05) is 0 Å². The van der Waals surface area contributed by atoms with E-state index >= 15 is 0 Å². The van der Waals surface area contributed by atoms with Gasteiger partial charge in [-0.05, 0) is 20.3 Å². The van der Waals surface area contributed by atoms with Crippen molar-refractivity contribution in [3.63, 3.8) is 0 Å². The Morgan fingerprint density at radius 2 is 2.28 bits per heavy atom. The average molecular weight is 271 g/mol. The summed E-state index contributed by atoms with van der Waals surface area (Å²) in [5.41, 5.74) is 5.49. The SMILES string of the molecule is CCCc1nsc(N(CCC(N)=NO)C(C)C)n1. The largest absolute Gasteiger partial charge is 0.409 e. The van der Waals surface area contributed by atoms with Gasteiger partial charge >= 0.3 is 0 Å². The summed E-state index contributed by atoms with van der Waals surface area (Å²) in [4.78, 5) is 6.64. The van der Waals surface area contributed by atoms with Crippen molar-refractivity contribution >= 4 is 22.5 Å². The fourth-order valence-corrected chi connectivity index (χ4v) is 2.42. The van der Waals surface area contributed by atoms with E-state index in [1.54, 1.807) is 0 Å². The van der Waals surface area contributed by atoms with Crippen LogP contribution in [0.2, 0.25) is 0 Å². The van der Waals surface area contributed by atoms with Crippen LogP contribution in [0.5, 0.6) is 0 Å². The first kappa shape index (κ1) is 14.7. The summed E-state index contributed by atoms with van der Waals surface area (Å²) in [5.74, 6) is 1.13.